The second kappa shape index (κ2) is 5.66. The van der Waals surface area contributed by atoms with E-state index in [0.29, 0.717) is 0 Å². The highest BCUT2D eigenvalue weighted by atomic mass is 16.4. The molecule has 0 spiro atoms. The van der Waals surface area contributed by atoms with Crippen LogP contribution in [0.1, 0.15) is 49.3 Å². The predicted molar refractivity (Wildman–Crippen MR) is 85.7 cm³/mol. The van der Waals surface area contributed by atoms with E-state index in [1.165, 1.54) is 11.1 Å². The van der Waals surface area contributed by atoms with Gasteiger partial charge in [0.15, 0.2) is 0 Å². The molecule has 4 nitrogen and oxygen atoms in total. The second-order valence-electron chi connectivity index (χ2n) is 7.38. The maximum Gasteiger partial charge on any atom is 0.307 e. The van der Waals surface area contributed by atoms with Crippen molar-refractivity contribution in [3.63, 3.8) is 0 Å². The molecule has 0 unspecified atom stereocenters. The molecule has 1 aromatic rings. The van der Waals surface area contributed by atoms with Crippen molar-refractivity contribution in [2.45, 2.75) is 44.6 Å². The number of benzene rings is 1. The van der Waals surface area contributed by atoms with Crippen LogP contribution in [-0.2, 0) is 16.0 Å². The van der Waals surface area contributed by atoms with Crippen LogP contribution in [0.2, 0.25) is 0 Å². The summed E-state index contributed by atoms with van der Waals surface area (Å²) in [5.74, 6) is -1.17. The molecule has 0 heterocycles. The van der Waals surface area contributed by atoms with E-state index in [1.807, 2.05) is 12.1 Å². The second-order valence-corrected chi connectivity index (χ2v) is 7.38. The Bertz CT molecular complexity index is 641. The molecule has 4 heteroatoms. The highest BCUT2D eigenvalue weighted by molar-refractivity contribution is 5.86. The lowest BCUT2D eigenvalue weighted by atomic mass is 9.78. The molecule has 3 aliphatic rings. The summed E-state index contributed by atoms with van der Waals surface area (Å²) in [6.07, 6.45) is 5.97. The van der Waals surface area contributed by atoms with E-state index >= 15 is 0 Å². The van der Waals surface area contributed by atoms with Crippen LogP contribution < -0.4 is 5.32 Å². The van der Waals surface area contributed by atoms with Crippen LogP contribution in [-0.4, -0.2) is 17.0 Å². The van der Waals surface area contributed by atoms with Crippen LogP contribution in [0.5, 0.6) is 0 Å². The molecule has 1 aromatic carbocycles. The van der Waals surface area contributed by atoms with Gasteiger partial charge in [0.05, 0.1) is 17.9 Å². The van der Waals surface area contributed by atoms with E-state index in [0.717, 1.165) is 38.5 Å². The maximum absolute atomic E-state index is 12.9. The quantitative estimate of drug-likeness (QED) is 0.901. The molecule has 2 fully saturated rings. The predicted octanol–water partition coefficient (Wildman–Crippen LogP) is 2.93. The van der Waals surface area contributed by atoms with Gasteiger partial charge < -0.3 is 10.4 Å². The van der Waals surface area contributed by atoms with Crippen LogP contribution >= 0.6 is 0 Å². The van der Waals surface area contributed by atoms with Gasteiger partial charge >= 0.3 is 5.97 Å². The molecule has 3 aliphatic carbocycles. The topological polar surface area (TPSA) is 66.4 Å². The molecular weight excluding hydrogens is 290 g/mol. The monoisotopic (exact) mass is 313 g/mol. The minimum atomic E-state index is -0.790. The normalized spacial score (nSPS) is 34.9. The Balaban J connectivity index is 1.54. The van der Waals surface area contributed by atoms with Gasteiger partial charge in [-0.05, 0) is 61.5 Å². The Hall–Kier alpha value is -1.84. The van der Waals surface area contributed by atoms with Crippen molar-refractivity contribution in [1.29, 1.82) is 0 Å². The SMILES string of the molecule is O=C(O)[C@@H]1[C@@H]2CC[C@@H](C2)[C@@H]1C(=O)N[C@@H]1CCCc2ccccc21. The van der Waals surface area contributed by atoms with Gasteiger partial charge in [0.1, 0.15) is 0 Å². The van der Waals surface area contributed by atoms with Crippen molar-refractivity contribution in [1.82, 2.24) is 5.32 Å². The van der Waals surface area contributed by atoms with Crippen molar-refractivity contribution in [3.05, 3.63) is 35.4 Å². The highest BCUT2D eigenvalue weighted by Crippen LogP contribution is 2.52. The van der Waals surface area contributed by atoms with Crippen LogP contribution in [0.15, 0.2) is 24.3 Å². The zero-order valence-electron chi connectivity index (χ0n) is 13.2. The van der Waals surface area contributed by atoms with Crippen molar-refractivity contribution in [3.8, 4) is 0 Å². The Labute approximate surface area is 136 Å². The molecule has 2 N–H and O–H groups in total. The van der Waals surface area contributed by atoms with E-state index in [4.69, 9.17) is 0 Å². The molecule has 0 aliphatic heterocycles. The van der Waals surface area contributed by atoms with E-state index in [-0.39, 0.29) is 29.7 Å². The largest absolute Gasteiger partial charge is 0.481 e. The number of carbonyl (C=O) groups excluding carboxylic acids is 1. The molecule has 2 bridgehead atoms. The molecule has 0 radical (unpaired) electrons. The van der Waals surface area contributed by atoms with E-state index < -0.39 is 11.9 Å². The molecule has 0 saturated heterocycles. The number of aliphatic carboxylic acids is 1. The van der Waals surface area contributed by atoms with E-state index in [2.05, 4.69) is 17.4 Å². The van der Waals surface area contributed by atoms with Crippen molar-refractivity contribution >= 4 is 11.9 Å². The van der Waals surface area contributed by atoms with Crippen LogP contribution in [0.4, 0.5) is 0 Å². The average molecular weight is 313 g/mol. The van der Waals surface area contributed by atoms with Gasteiger partial charge in [-0.3, -0.25) is 9.59 Å². The zero-order chi connectivity index (χ0) is 16.0. The summed E-state index contributed by atoms with van der Waals surface area (Å²) in [6.45, 7) is 0. The Kier molecular flexibility index (Phi) is 3.63. The van der Waals surface area contributed by atoms with E-state index in [9.17, 15) is 14.7 Å². The first-order valence-corrected chi connectivity index (χ1v) is 8.76. The number of carboxylic acids is 1. The number of nitrogens with one attached hydrogen (secondary N) is 1. The molecule has 5 atom stereocenters. The molecule has 0 aromatic heterocycles. The fourth-order valence-corrected chi connectivity index (χ4v) is 5.20. The fraction of sp³-hybridized carbons (Fsp3) is 0.579. The lowest BCUT2D eigenvalue weighted by Crippen LogP contribution is -2.43. The molecule has 1 amide bonds. The first-order valence-electron chi connectivity index (χ1n) is 8.76. The Morgan fingerprint density at radius 1 is 1.04 bits per heavy atom. The van der Waals surface area contributed by atoms with Crippen LogP contribution in [0, 0.1) is 23.7 Å². The van der Waals surface area contributed by atoms with Gasteiger partial charge in [0.2, 0.25) is 5.91 Å². The van der Waals surface area contributed by atoms with Crippen LogP contribution in [0.25, 0.3) is 0 Å². The third kappa shape index (κ3) is 2.44. The smallest absolute Gasteiger partial charge is 0.307 e. The third-order valence-electron chi connectivity index (χ3n) is 6.19. The Morgan fingerprint density at radius 2 is 1.78 bits per heavy atom. The summed E-state index contributed by atoms with van der Waals surface area (Å²) in [5, 5.41) is 12.7. The van der Waals surface area contributed by atoms with Gasteiger partial charge in [-0.25, -0.2) is 0 Å². The van der Waals surface area contributed by atoms with Gasteiger partial charge in [-0.15, -0.1) is 0 Å². The molecule has 122 valence electrons. The lowest BCUT2D eigenvalue weighted by Gasteiger charge is -2.31. The highest BCUT2D eigenvalue weighted by Gasteiger charge is 2.54. The number of amides is 1. The maximum atomic E-state index is 12.9. The summed E-state index contributed by atoms with van der Waals surface area (Å²) >= 11 is 0. The number of fused-ring (bicyclic) bond motifs is 3. The Morgan fingerprint density at radius 3 is 2.57 bits per heavy atom. The number of carboxylic acid groups (broad SMARTS) is 1. The molecule has 4 rings (SSSR count). The number of hydrogen-bond acceptors (Lipinski definition) is 2. The van der Waals surface area contributed by atoms with Gasteiger partial charge in [-0.2, -0.15) is 0 Å². The average Bonchev–Trinajstić information content (AvgIpc) is 3.16. The first kappa shape index (κ1) is 14.7. The number of rotatable bonds is 3. The van der Waals surface area contributed by atoms with Crippen molar-refractivity contribution < 1.29 is 14.7 Å². The lowest BCUT2D eigenvalue weighted by molar-refractivity contribution is -0.149. The standard InChI is InChI=1S/C19H23NO3/c21-18(16-12-8-9-13(10-12)17(16)19(22)23)20-15-7-3-5-11-4-1-2-6-14(11)15/h1-2,4,6,12-13,15-17H,3,5,7-10H2,(H,20,21)(H,22,23)/t12-,13+,15+,16-,17+/m0/s1. The van der Waals surface area contributed by atoms with Crippen molar-refractivity contribution in [2.75, 3.05) is 0 Å². The van der Waals surface area contributed by atoms with Crippen LogP contribution in [0.3, 0.4) is 0 Å². The third-order valence-corrected chi connectivity index (χ3v) is 6.19. The minimum absolute atomic E-state index is 0.0358. The van der Waals surface area contributed by atoms with Crippen molar-refractivity contribution in [2.24, 2.45) is 23.7 Å². The summed E-state index contributed by atoms with van der Waals surface area (Å²) in [4.78, 5) is 24.5. The summed E-state index contributed by atoms with van der Waals surface area (Å²) in [6, 6.07) is 8.32. The molecular formula is C19H23NO3. The fourth-order valence-electron chi connectivity index (χ4n) is 5.20. The number of aryl methyl sites for hydroxylation is 1. The summed E-state index contributed by atoms with van der Waals surface area (Å²) in [5.41, 5.74) is 2.52. The number of carbonyl (C=O) groups is 2. The van der Waals surface area contributed by atoms with Gasteiger partial charge in [0, 0.05) is 0 Å². The minimum Gasteiger partial charge on any atom is -0.481 e. The zero-order valence-corrected chi connectivity index (χ0v) is 13.2. The van der Waals surface area contributed by atoms with Gasteiger partial charge in [-0.1, -0.05) is 24.3 Å². The van der Waals surface area contributed by atoms with Gasteiger partial charge in [0.25, 0.3) is 0 Å². The molecule has 23 heavy (non-hydrogen) atoms. The van der Waals surface area contributed by atoms with E-state index in [1.54, 1.807) is 0 Å². The molecule has 2 saturated carbocycles. The first-order chi connectivity index (χ1) is 11.1. The summed E-state index contributed by atoms with van der Waals surface area (Å²) < 4.78 is 0. The summed E-state index contributed by atoms with van der Waals surface area (Å²) in [7, 11) is 0. The number of hydrogen-bond donors (Lipinski definition) is 2.